The van der Waals surface area contributed by atoms with Gasteiger partial charge in [0.2, 0.25) is 12.6 Å². The molecule has 5 rings (SSSR count). The summed E-state index contributed by atoms with van der Waals surface area (Å²) < 4.78 is 15.9. The molecule has 8 nitrogen and oxygen atoms in total. The van der Waals surface area contributed by atoms with Crippen molar-refractivity contribution in [2.75, 3.05) is 11.7 Å². The first-order valence-electron chi connectivity index (χ1n) is 8.79. The Balaban J connectivity index is 1.65. The number of fused-ring (bicyclic) bond motifs is 1. The van der Waals surface area contributed by atoms with Crippen molar-refractivity contribution in [2.24, 2.45) is 0 Å². The number of ether oxygens (including phenoxy) is 2. The highest BCUT2D eigenvalue weighted by molar-refractivity contribution is 6.20. The fourth-order valence-corrected chi connectivity index (χ4v) is 3.54. The van der Waals surface area contributed by atoms with Crippen LogP contribution in [0.4, 0.5) is 5.69 Å². The minimum absolute atomic E-state index is 0.0333. The molecule has 0 saturated heterocycles. The Morgan fingerprint density at radius 3 is 2.66 bits per heavy atom. The molecule has 4 heterocycles. The molecule has 2 aliphatic heterocycles. The highest BCUT2D eigenvalue weighted by Crippen LogP contribution is 2.44. The first-order chi connectivity index (χ1) is 14.1. The van der Waals surface area contributed by atoms with Crippen LogP contribution in [0.3, 0.4) is 0 Å². The highest BCUT2D eigenvalue weighted by atomic mass is 16.7. The van der Waals surface area contributed by atoms with Crippen LogP contribution in [0, 0.1) is 0 Å². The number of aromatic nitrogens is 1. The molecule has 1 N–H and O–H groups in total. The minimum atomic E-state index is -0.858. The zero-order chi connectivity index (χ0) is 20.0. The summed E-state index contributed by atoms with van der Waals surface area (Å²) >= 11 is 0. The zero-order valence-electron chi connectivity index (χ0n) is 14.9. The van der Waals surface area contributed by atoms with Crippen LogP contribution in [0.25, 0.3) is 0 Å². The Morgan fingerprint density at radius 2 is 1.90 bits per heavy atom. The molecular formula is C21H14N2O6. The number of furan rings is 1. The third-order valence-corrected chi connectivity index (χ3v) is 4.85. The van der Waals surface area contributed by atoms with Crippen molar-refractivity contribution >= 4 is 17.4 Å². The number of benzene rings is 1. The predicted molar refractivity (Wildman–Crippen MR) is 99.7 cm³/mol. The molecule has 0 radical (unpaired) electrons. The van der Waals surface area contributed by atoms with E-state index in [-0.39, 0.29) is 18.1 Å². The van der Waals surface area contributed by atoms with Crippen molar-refractivity contribution in [3.63, 3.8) is 0 Å². The van der Waals surface area contributed by atoms with Crippen LogP contribution in [0.5, 0.6) is 11.5 Å². The van der Waals surface area contributed by atoms with Gasteiger partial charge >= 0.3 is 0 Å². The highest BCUT2D eigenvalue weighted by Gasteiger charge is 2.45. The molecular weight excluding hydrogens is 376 g/mol. The van der Waals surface area contributed by atoms with E-state index in [1.165, 1.54) is 17.2 Å². The molecule has 144 valence electrons. The van der Waals surface area contributed by atoms with Crippen LogP contribution in [-0.2, 0) is 4.79 Å². The lowest BCUT2D eigenvalue weighted by Gasteiger charge is -2.26. The number of anilines is 1. The molecule has 8 heteroatoms. The third kappa shape index (κ3) is 2.65. The van der Waals surface area contributed by atoms with Crippen LogP contribution in [0.15, 0.2) is 76.9 Å². The summed E-state index contributed by atoms with van der Waals surface area (Å²) in [6, 6.07) is 10.6. The largest absolute Gasteiger partial charge is 0.503 e. The summed E-state index contributed by atoms with van der Waals surface area (Å²) in [5, 5.41) is 10.6. The average Bonchev–Trinajstić information content (AvgIpc) is 3.48. The van der Waals surface area contributed by atoms with E-state index in [1.807, 2.05) is 0 Å². The molecule has 2 aromatic heterocycles. The molecule has 1 atom stereocenters. The third-order valence-electron chi connectivity index (χ3n) is 4.85. The second-order valence-corrected chi connectivity index (χ2v) is 6.46. The Bertz CT molecular complexity index is 1140. The van der Waals surface area contributed by atoms with Gasteiger partial charge in [0.15, 0.2) is 23.0 Å². The SMILES string of the molecule is O=C(C1=C(O)C(=O)N(c2ccc3c(c2)OCO3)C1c1ccncc1)c1ccco1. The Kier molecular flexibility index (Phi) is 3.83. The number of hydrogen-bond donors (Lipinski definition) is 1. The molecule has 0 bridgehead atoms. The lowest BCUT2D eigenvalue weighted by molar-refractivity contribution is -0.117. The standard InChI is InChI=1S/C21H14N2O6/c24-19(15-2-1-9-27-15)17-18(12-5-7-22-8-6-12)23(21(26)20(17)25)13-3-4-14-16(10-13)29-11-28-14/h1-10,18,25H,11H2. The number of pyridine rings is 1. The monoisotopic (exact) mass is 390 g/mol. The number of nitrogens with zero attached hydrogens (tertiary/aromatic N) is 2. The summed E-state index contributed by atoms with van der Waals surface area (Å²) in [6.07, 6.45) is 4.47. The van der Waals surface area contributed by atoms with Gasteiger partial charge in [0.25, 0.3) is 5.91 Å². The molecule has 1 amide bonds. The van der Waals surface area contributed by atoms with Crippen molar-refractivity contribution in [1.82, 2.24) is 4.98 Å². The fourth-order valence-electron chi connectivity index (χ4n) is 3.54. The van der Waals surface area contributed by atoms with E-state index in [1.54, 1.807) is 48.8 Å². The quantitative estimate of drug-likeness (QED) is 0.683. The van der Waals surface area contributed by atoms with Gasteiger partial charge < -0.3 is 19.0 Å². The van der Waals surface area contributed by atoms with Crippen LogP contribution in [-0.4, -0.2) is 28.6 Å². The Hall–Kier alpha value is -4.07. The second kappa shape index (κ2) is 6.52. The van der Waals surface area contributed by atoms with Gasteiger partial charge in [0.05, 0.1) is 17.9 Å². The fraction of sp³-hybridized carbons (Fsp3) is 0.0952. The van der Waals surface area contributed by atoms with E-state index in [0.717, 1.165) is 0 Å². The molecule has 1 aromatic carbocycles. The zero-order valence-corrected chi connectivity index (χ0v) is 14.9. The lowest BCUT2D eigenvalue weighted by Crippen LogP contribution is -2.31. The van der Waals surface area contributed by atoms with Gasteiger partial charge in [-0.2, -0.15) is 0 Å². The number of aliphatic hydroxyl groups is 1. The van der Waals surface area contributed by atoms with Crippen molar-refractivity contribution < 1.29 is 28.6 Å². The average molecular weight is 390 g/mol. The van der Waals surface area contributed by atoms with Crippen molar-refractivity contribution in [3.8, 4) is 11.5 Å². The van der Waals surface area contributed by atoms with Crippen LogP contribution in [0.1, 0.15) is 22.2 Å². The summed E-state index contributed by atoms with van der Waals surface area (Å²) in [7, 11) is 0. The smallest absolute Gasteiger partial charge is 0.294 e. The molecule has 3 aromatic rings. The lowest BCUT2D eigenvalue weighted by atomic mass is 9.95. The van der Waals surface area contributed by atoms with Crippen molar-refractivity contribution in [2.45, 2.75) is 6.04 Å². The maximum Gasteiger partial charge on any atom is 0.294 e. The normalized spacial score (nSPS) is 17.9. The number of carbonyl (C=O) groups excluding carboxylic acids is 2. The minimum Gasteiger partial charge on any atom is -0.503 e. The van der Waals surface area contributed by atoms with Gasteiger partial charge in [0.1, 0.15) is 0 Å². The number of carbonyl (C=O) groups is 2. The predicted octanol–water partition coefficient (Wildman–Crippen LogP) is 3.19. The van der Waals surface area contributed by atoms with Crippen LogP contribution >= 0.6 is 0 Å². The number of rotatable bonds is 4. The number of ketones is 1. The summed E-state index contributed by atoms with van der Waals surface area (Å²) in [5.74, 6) is -0.803. The maximum absolute atomic E-state index is 13.1. The number of hydrogen-bond acceptors (Lipinski definition) is 7. The molecule has 1 unspecified atom stereocenters. The van der Waals surface area contributed by atoms with E-state index in [4.69, 9.17) is 13.9 Å². The molecule has 29 heavy (non-hydrogen) atoms. The first-order valence-corrected chi connectivity index (χ1v) is 8.79. The summed E-state index contributed by atoms with van der Waals surface area (Å²) in [4.78, 5) is 31.4. The first kappa shape index (κ1) is 17.1. The van der Waals surface area contributed by atoms with Gasteiger partial charge in [0, 0.05) is 24.1 Å². The van der Waals surface area contributed by atoms with Gasteiger partial charge in [-0.25, -0.2) is 0 Å². The second-order valence-electron chi connectivity index (χ2n) is 6.46. The van der Waals surface area contributed by atoms with Crippen LogP contribution < -0.4 is 14.4 Å². The van der Waals surface area contributed by atoms with E-state index in [2.05, 4.69) is 4.98 Å². The molecule has 0 saturated carbocycles. The number of amides is 1. The van der Waals surface area contributed by atoms with E-state index >= 15 is 0 Å². The summed E-state index contributed by atoms with van der Waals surface area (Å²) in [6.45, 7) is 0.0895. The topological polar surface area (TPSA) is 102 Å². The van der Waals surface area contributed by atoms with Gasteiger partial charge in [-0.15, -0.1) is 0 Å². The number of Topliss-reactive ketones (excluding diaryl/α,β-unsaturated/α-hetero) is 1. The Labute approximate surface area is 164 Å². The van der Waals surface area contributed by atoms with Gasteiger partial charge in [-0.1, -0.05) is 0 Å². The Morgan fingerprint density at radius 1 is 1.10 bits per heavy atom. The van der Waals surface area contributed by atoms with Gasteiger partial charge in [-0.3, -0.25) is 19.5 Å². The summed E-state index contributed by atoms with van der Waals surface area (Å²) in [5.41, 5.74) is 1.01. The number of aliphatic hydroxyl groups excluding tert-OH is 1. The molecule has 0 aliphatic carbocycles. The van der Waals surface area contributed by atoms with Crippen molar-refractivity contribution in [1.29, 1.82) is 0 Å². The molecule has 2 aliphatic rings. The molecule has 0 spiro atoms. The van der Waals surface area contributed by atoms with E-state index < -0.39 is 23.5 Å². The van der Waals surface area contributed by atoms with E-state index in [0.29, 0.717) is 22.7 Å². The van der Waals surface area contributed by atoms with Crippen molar-refractivity contribution in [3.05, 3.63) is 83.8 Å². The van der Waals surface area contributed by atoms with E-state index in [9.17, 15) is 14.7 Å². The maximum atomic E-state index is 13.1. The molecule has 0 fully saturated rings. The van der Waals surface area contributed by atoms with Crippen LogP contribution in [0.2, 0.25) is 0 Å². The van der Waals surface area contributed by atoms with Gasteiger partial charge in [-0.05, 0) is 42.0 Å².